The number of carbonyl (C=O) groups is 2. The molecule has 0 spiro atoms. The Bertz CT molecular complexity index is 1490. The highest BCUT2D eigenvalue weighted by atomic mass is 19.1. The molecule has 254 valence electrons. The highest BCUT2D eigenvalue weighted by Crippen LogP contribution is 2.36. The van der Waals surface area contributed by atoms with Crippen molar-refractivity contribution < 1.29 is 32.6 Å². The number of amides is 2. The van der Waals surface area contributed by atoms with E-state index in [1.54, 1.807) is 48.6 Å². The molecule has 1 saturated heterocycles. The number of morpholine rings is 1. The summed E-state index contributed by atoms with van der Waals surface area (Å²) in [6.45, 7) is 8.20. The van der Waals surface area contributed by atoms with Crippen LogP contribution in [0.25, 0.3) is 10.9 Å². The number of carbonyl (C=O) groups excluding carboxylic acids is 2. The van der Waals surface area contributed by atoms with Crippen molar-refractivity contribution in [1.82, 2.24) is 25.1 Å². The summed E-state index contributed by atoms with van der Waals surface area (Å²) in [5.41, 5.74) is 1.46. The highest BCUT2D eigenvalue weighted by molar-refractivity contribution is 5.89. The summed E-state index contributed by atoms with van der Waals surface area (Å²) in [5, 5.41) is 3.68. The molecule has 5 rings (SSSR count). The standard InChI is InChI=1S/C35H45F2N5O5/c1-23(40-34(43)27-9-10-28(27)35(44)41(3)22-25-5-7-26(37)8-6-25)4-11-31(24(2)36)47-32-12-13-38-30-20-33(39-21-29(30)32)46-19-16-42-14-17-45-18-15-42/h5-8,12-13,20-21,23-24,27-28,31H,4,9-11,14-19,22H2,1-3H3,(H,40,43). The van der Waals surface area contributed by atoms with E-state index >= 15 is 0 Å². The van der Waals surface area contributed by atoms with Crippen molar-refractivity contribution in [2.24, 2.45) is 11.8 Å². The second-order valence-electron chi connectivity index (χ2n) is 12.6. The topological polar surface area (TPSA) is 106 Å². The average molecular weight is 654 g/mol. The SMILES string of the molecule is CC(CCC(Oc1ccnc2cc(OCCN3CCOCC3)ncc12)C(C)F)NC(=O)C1CCC1C(=O)N(C)Cc1ccc(F)cc1. The Kier molecular flexibility index (Phi) is 11.9. The van der Waals surface area contributed by atoms with Crippen molar-refractivity contribution in [2.45, 2.75) is 64.4 Å². The van der Waals surface area contributed by atoms with Crippen LogP contribution >= 0.6 is 0 Å². The first-order valence-electron chi connectivity index (χ1n) is 16.5. The van der Waals surface area contributed by atoms with Crippen molar-refractivity contribution in [2.75, 3.05) is 46.5 Å². The van der Waals surface area contributed by atoms with E-state index in [9.17, 15) is 18.4 Å². The number of ether oxygens (including phenoxy) is 3. The number of fused-ring (bicyclic) bond motifs is 1. The van der Waals surface area contributed by atoms with Crippen LogP contribution in [0.5, 0.6) is 11.6 Å². The van der Waals surface area contributed by atoms with Crippen LogP contribution in [0.15, 0.2) is 48.8 Å². The molecule has 3 heterocycles. The summed E-state index contributed by atoms with van der Waals surface area (Å²) in [6.07, 6.45) is 3.38. The molecule has 1 N–H and O–H groups in total. The second kappa shape index (κ2) is 16.3. The number of pyridine rings is 2. The molecule has 1 aliphatic carbocycles. The lowest BCUT2D eigenvalue weighted by Gasteiger charge is -2.37. The minimum absolute atomic E-state index is 0.0983. The summed E-state index contributed by atoms with van der Waals surface area (Å²) >= 11 is 0. The quantitative estimate of drug-likeness (QED) is 0.255. The van der Waals surface area contributed by atoms with E-state index < -0.39 is 18.2 Å². The van der Waals surface area contributed by atoms with Gasteiger partial charge >= 0.3 is 0 Å². The number of nitrogens with one attached hydrogen (secondary N) is 1. The smallest absolute Gasteiger partial charge is 0.226 e. The number of nitrogens with zero attached hydrogens (tertiary/aromatic N) is 4. The minimum Gasteiger partial charge on any atom is -0.487 e. The zero-order valence-electron chi connectivity index (χ0n) is 27.4. The van der Waals surface area contributed by atoms with Crippen LogP contribution in [0, 0.1) is 17.7 Å². The molecule has 2 aromatic heterocycles. The van der Waals surface area contributed by atoms with Gasteiger partial charge in [0.05, 0.1) is 24.1 Å². The van der Waals surface area contributed by atoms with Crippen LogP contribution in [0.4, 0.5) is 8.78 Å². The molecule has 3 aromatic rings. The molecule has 12 heteroatoms. The van der Waals surface area contributed by atoms with E-state index in [-0.39, 0.29) is 29.6 Å². The molecule has 47 heavy (non-hydrogen) atoms. The Labute approximate surface area is 274 Å². The molecule has 0 radical (unpaired) electrons. The van der Waals surface area contributed by atoms with E-state index in [0.717, 1.165) is 38.4 Å². The maximum absolute atomic E-state index is 14.8. The Morgan fingerprint density at radius 3 is 2.53 bits per heavy atom. The molecule has 0 bridgehead atoms. The number of rotatable bonds is 15. The van der Waals surface area contributed by atoms with Crippen LogP contribution in [-0.2, 0) is 20.9 Å². The Morgan fingerprint density at radius 1 is 1.09 bits per heavy atom. The van der Waals surface area contributed by atoms with Gasteiger partial charge in [-0.2, -0.15) is 0 Å². The third kappa shape index (κ3) is 9.35. The normalized spacial score (nSPS) is 20.1. The first kappa shape index (κ1) is 34.4. The van der Waals surface area contributed by atoms with Crippen LogP contribution in [0.1, 0.15) is 45.1 Å². The molecule has 1 aromatic carbocycles. The van der Waals surface area contributed by atoms with Gasteiger partial charge in [-0.1, -0.05) is 12.1 Å². The Hall–Kier alpha value is -3.90. The minimum atomic E-state index is -1.26. The summed E-state index contributed by atoms with van der Waals surface area (Å²) in [5.74, 6) is -0.448. The maximum atomic E-state index is 14.8. The molecule has 5 unspecified atom stereocenters. The molecule has 1 saturated carbocycles. The predicted octanol–water partition coefficient (Wildman–Crippen LogP) is 4.56. The molecular formula is C35H45F2N5O5. The van der Waals surface area contributed by atoms with Gasteiger partial charge in [0.2, 0.25) is 17.7 Å². The number of benzene rings is 1. The van der Waals surface area contributed by atoms with Gasteiger partial charge < -0.3 is 24.4 Å². The molecule has 2 aliphatic rings. The molecule has 2 fully saturated rings. The first-order chi connectivity index (χ1) is 22.7. The Balaban J connectivity index is 1.10. The number of halogens is 2. The van der Waals surface area contributed by atoms with Gasteiger partial charge in [0.1, 0.15) is 30.4 Å². The molecule has 1 aliphatic heterocycles. The fourth-order valence-corrected chi connectivity index (χ4v) is 6.00. The third-order valence-corrected chi connectivity index (χ3v) is 9.02. The van der Waals surface area contributed by atoms with Crippen LogP contribution in [-0.4, -0.2) is 96.4 Å². The van der Waals surface area contributed by atoms with Gasteiger partial charge in [-0.15, -0.1) is 0 Å². The second-order valence-corrected chi connectivity index (χ2v) is 12.6. The lowest BCUT2D eigenvalue weighted by molar-refractivity contribution is -0.147. The first-order valence-corrected chi connectivity index (χ1v) is 16.5. The lowest BCUT2D eigenvalue weighted by atomic mass is 9.72. The van der Waals surface area contributed by atoms with Gasteiger partial charge in [-0.25, -0.2) is 13.8 Å². The van der Waals surface area contributed by atoms with Crippen LogP contribution < -0.4 is 14.8 Å². The van der Waals surface area contributed by atoms with Crippen molar-refractivity contribution in [1.29, 1.82) is 0 Å². The van der Waals surface area contributed by atoms with E-state index in [1.807, 2.05) is 6.92 Å². The van der Waals surface area contributed by atoms with E-state index in [4.69, 9.17) is 14.2 Å². The van der Waals surface area contributed by atoms with E-state index in [0.29, 0.717) is 61.4 Å². The lowest BCUT2D eigenvalue weighted by Crippen LogP contribution is -2.49. The Morgan fingerprint density at radius 2 is 1.83 bits per heavy atom. The number of hydrogen-bond acceptors (Lipinski definition) is 8. The average Bonchev–Trinajstić information content (AvgIpc) is 3.03. The molecule has 5 atom stereocenters. The number of alkyl halides is 1. The fraction of sp³-hybridized carbons (Fsp3) is 0.543. The zero-order valence-corrected chi connectivity index (χ0v) is 27.4. The predicted molar refractivity (Wildman–Crippen MR) is 173 cm³/mol. The van der Waals surface area contributed by atoms with Gasteiger partial charge in [-0.3, -0.25) is 19.5 Å². The number of aromatic nitrogens is 2. The van der Waals surface area contributed by atoms with Crippen molar-refractivity contribution in [3.8, 4) is 11.6 Å². The molecule has 10 nitrogen and oxygen atoms in total. The zero-order chi connectivity index (χ0) is 33.3. The van der Waals surface area contributed by atoms with Gasteiger partial charge in [0, 0.05) is 69.6 Å². The maximum Gasteiger partial charge on any atom is 0.226 e. The number of hydrogen-bond donors (Lipinski definition) is 1. The summed E-state index contributed by atoms with van der Waals surface area (Å²) < 4.78 is 45.4. The van der Waals surface area contributed by atoms with E-state index in [2.05, 4.69) is 20.2 Å². The van der Waals surface area contributed by atoms with Gasteiger partial charge in [-0.05, 0) is 63.3 Å². The van der Waals surface area contributed by atoms with Crippen molar-refractivity contribution in [3.63, 3.8) is 0 Å². The van der Waals surface area contributed by atoms with Gasteiger partial charge in [0.15, 0.2) is 0 Å². The van der Waals surface area contributed by atoms with Crippen molar-refractivity contribution >= 4 is 22.7 Å². The fourth-order valence-electron chi connectivity index (χ4n) is 6.00. The molecular weight excluding hydrogens is 608 g/mol. The highest BCUT2D eigenvalue weighted by Gasteiger charge is 2.42. The molecule has 2 amide bonds. The van der Waals surface area contributed by atoms with Crippen LogP contribution in [0.3, 0.4) is 0 Å². The largest absolute Gasteiger partial charge is 0.487 e. The summed E-state index contributed by atoms with van der Waals surface area (Å²) in [7, 11) is 1.70. The van der Waals surface area contributed by atoms with Gasteiger partial charge in [0.25, 0.3) is 0 Å². The van der Waals surface area contributed by atoms with Crippen LogP contribution in [0.2, 0.25) is 0 Å². The van der Waals surface area contributed by atoms with Crippen molar-refractivity contribution in [3.05, 3.63) is 60.2 Å². The summed E-state index contributed by atoms with van der Waals surface area (Å²) in [4.78, 5) is 38.9. The van der Waals surface area contributed by atoms with E-state index in [1.165, 1.54) is 19.1 Å². The third-order valence-electron chi connectivity index (χ3n) is 9.02. The monoisotopic (exact) mass is 653 g/mol. The summed E-state index contributed by atoms with van der Waals surface area (Å²) in [6, 6.07) is 9.24.